The van der Waals surface area contributed by atoms with Crippen LogP contribution >= 0.6 is 15.9 Å². The second-order valence-electron chi connectivity index (χ2n) is 7.78. The van der Waals surface area contributed by atoms with Crippen LogP contribution in [0.3, 0.4) is 0 Å². The van der Waals surface area contributed by atoms with E-state index in [4.69, 9.17) is 16.2 Å². The van der Waals surface area contributed by atoms with E-state index in [1.54, 1.807) is 0 Å². The van der Waals surface area contributed by atoms with Crippen molar-refractivity contribution in [3.63, 3.8) is 0 Å². The topological polar surface area (TPSA) is 145 Å². The lowest BCUT2D eigenvalue weighted by Gasteiger charge is -2.19. The van der Waals surface area contributed by atoms with Crippen LogP contribution in [0.1, 0.15) is 12.5 Å². The standard InChI is InChI=1S/C21H21BrN6O3/c22-14-5-10-1-2-12(7-15(10)27-20(14)24)31-8-11-6-16(18(30)17(11)29)28-4-3-13-19(23)25-9-26-21(13)28/h1-5,7,9,11,16-18,29-30H,6,8H2,(H2,24,27)(H2,23,25,26)/t11-,16-,17-,18+/m1/s1. The first-order valence-corrected chi connectivity index (χ1v) is 10.6. The van der Waals surface area contributed by atoms with Gasteiger partial charge < -0.3 is 31.0 Å². The molecule has 1 aliphatic carbocycles. The number of fused-ring (bicyclic) bond motifs is 2. The molecule has 10 heteroatoms. The quantitative estimate of drug-likeness (QED) is 0.345. The van der Waals surface area contributed by atoms with Crippen LogP contribution in [0, 0.1) is 5.92 Å². The Balaban J connectivity index is 1.34. The summed E-state index contributed by atoms with van der Waals surface area (Å²) in [5.74, 6) is 1.16. The Bertz CT molecular complexity index is 1280. The number of rotatable bonds is 4. The Morgan fingerprint density at radius 3 is 2.77 bits per heavy atom. The van der Waals surface area contributed by atoms with Crippen molar-refractivity contribution >= 4 is 49.5 Å². The molecule has 6 N–H and O–H groups in total. The highest BCUT2D eigenvalue weighted by Crippen LogP contribution is 2.38. The van der Waals surface area contributed by atoms with Crippen LogP contribution in [0.25, 0.3) is 21.9 Å². The lowest BCUT2D eigenvalue weighted by molar-refractivity contribution is -0.00141. The fourth-order valence-corrected chi connectivity index (χ4v) is 4.56. The summed E-state index contributed by atoms with van der Waals surface area (Å²) < 4.78 is 8.53. The fraction of sp³-hybridized carbons (Fsp3) is 0.286. The van der Waals surface area contributed by atoms with E-state index in [-0.39, 0.29) is 18.6 Å². The SMILES string of the molecule is Nc1nc2cc(OC[C@H]3C[C@@H](n4ccc5c(N)ncnc54)[C@H](O)[C@@H]3O)ccc2cc1Br. The molecule has 160 valence electrons. The third-order valence-corrected chi connectivity index (χ3v) is 6.54. The van der Waals surface area contributed by atoms with E-state index in [2.05, 4.69) is 30.9 Å². The van der Waals surface area contributed by atoms with Crippen molar-refractivity contribution < 1.29 is 14.9 Å². The molecule has 5 rings (SSSR count). The minimum atomic E-state index is -0.948. The molecule has 0 aliphatic heterocycles. The maximum Gasteiger partial charge on any atom is 0.145 e. The van der Waals surface area contributed by atoms with Gasteiger partial charge in [-0.05, 0) is 46.6 Å². The van der Waals surface area contributed by atoms with Gasteiger partial charge in [-0.15, -0.1) is 0 Å². The third kappa shape index (κ3) is 3.46. The number of aromatic nitrogens is 4. The predicted octanol–water partition coefficient (Wildman–Crippen LogP) is 2.27. The maximum atomic E-state index is 10.7. The zero-order chi connectivity index (χ0) is 21.7. The van der Waals surface area contributed by atoms with Gasteiger partial charge in [0.1, 0.15) is 35.5 Å². The number of aliphatic hydroxyl groups is 2. The molecule has 0 unspecified atom stereocenters. The molecule has 9 nitrogen and oxygen atoms in total. The van der Waals surface area contributed by atoms with Crippen molar-refractivity contribution in [2.45, 2.75) is 24.7 Å². The van der Waals surface area contributed by atoms with Crippen molar-refractivity contribution in [2.75, 3.05) is 18.1 Å². The van der Waals surface area contributed by atoms with Gasteiger partial charge in [0, 0.05) is 23.6 Å². The van der Waals surface area contributed by atoms with Gasteiger partial charge in [0.25, 0.3) is 0 Å². The Morgan fingerprint density at radius 2 is 1.94 bits per heavy atom. The highest BCUT2D eigenvalue weighted by atomic mass is 79.9. The number of nitrogens with zero attached hydrogens (tertiary/aromatic N) is 4. The first kappa shape index (κ1) is 20.0. The van der Waals surface area contributed by atoms with Crippen LogP contribution in [0.15, 0.2) is 47.3 Å². The van der Waals surface area contributed by atoms with Crippen molar-refractivity contribution in [1.29, 1.82) is 0 Å². The van der Waals surface area contributed by atoms with Crippen LogP contribution in [-0.4, -0.2) is 48.5 Å². The molecule has 3 heterocycles. The second-order valence-corrected chi connectivity index (χ2v) is 8.64. The molecule has 1 fully saturated rings. The van der Waals surface area contributed by atoms with Gasteiger partial charge in [-0.1, -0.05) is 0 Å². The zero-order valence-corrected chi connectivity index (χ0v) is 18.0. The number of ether oxygens (including phenoxy) is 1. The summed E-state index contributed by atoms with van der Waals surface area (Å²) in [7, 11) is 0. The Labute approximate surface area is 185 Å². The summed E-state index contributed by atoms with van der Waals surface area (Å²) in [6.45, 7) is 0.253. The molecule has 0 bridgehead atoms. The summed E-state index contributed by atoms with van der Waals surface area (Å²) in [6, 6.07) is 8.94. The fourth-order valence-electron chi connectivity index (χ4n) is 4.23. The average molecular weight is 485 g/mol. The number of pyridine rings is 1. The number of hydrogen-bond donors (Lipinski definition) is 4. The van der Waals surface area contributed by atoms with Crippen LogP contribution in [0.2, 0.25) is 0 Å². The second kappa shape index (κ2) is 7.63. The highest BCUT2D eigenvalue weighted by molar-refractivity contribution is 9.10. The highest BCUT2D eigenvalue weighted by Gasteiger charge is 2.43. The van der Waals surface area contributed by atoms with E-state index in [9.17, 15) is 10.2 Å². The number of nitrogen functional groups attached to an aromatic ring is 2. The van der Waals surface area contributed by atoms with E-state index in [0.29, 0.717) is 29.5 Å². The molecule has 0 amide bonds. The number of aliphatic hydroxyl groups excluding tert-OH is 2. The van der Waals surface area contributed by atoms with E-state index in [1.807, 2.05) is 41.1 Å². The maximum absolute atomic E-state index is 10.7. The largest absolute Gasteiger partial charge is 0.493 e. The Hall–Kier alpha value is -2.95. The minimum Gasteiger partial charge on any atom is -0.493 e. The van der Waals surface area contributed by atoms with Gasteiger partial charge in [0.2, 0.25) is 0 Å². The van der Waals surface area contributed by atoms with Crippen LogP contribution < -0.4 is 16.2 Å². The van der Waals surface area contributed by atoms with Crippen molar-refractivity contribution in [3.05, 3.63) is 47.3 Å². The van der Waals surface area contributed by atoms with E-state index < -0.39 is 12.2 Å². The van der Waals surface area contributed by atoms with Gasteiger partial charge in [-0.2, -0.15) is 0 Å². The molecular formula is C21H21BrN6O3. The van der Waals surface area contributed by atoms with Crippen LogP contribution in [0.5, 0.6) is 5.75 Å². The average Bonchev–Trinajstić information content (AvgIpc) is 3.30. The Morgan fingerprint density at radius 1 is 1.10 bits per heavy atom. The van der Waals surface area contributed by atoms with Crippen LogP contribution in [0.4, 0.5) is 11.6 Å². The third-order valence-electron chi connectivity index (χ3n) is 5.90. The molecule has 1 saturated carbocycles. The molecule has 0 saturated heterocycles. The summed E-state index contributed by atoms with van der Waals surface area (Å²) in [5, 5.41) is 23.0. The van der Waals surface area contributed by atoms with E-state index in [1.165, 1.54) is 6.33 Å². The molecule has 0 spiro atoms. The van der Waals surface area contributed by atoms with E-state index >= 15 is 0 Å². The first-order chi connectivity index (χ1) is 14.9. The van der Waals surface area contributed by atoms with Gasteiger partial charge >= 0.3 is 0 Å². The van der Waals surface area contributed by atoms with Gasteiger partial charge in [0.05, 0.1) is 34.1 Å². The Kier molecular flexibility index (Phi) is 4.92. The number of anilines is 2. The summed E-state index contributed by atoms with van der Waals surface area (Å²) in [4.78, 5) is 12.7. The minimum absolute atomic E-state index is 0.253. The lowest BCUT2D eigenvalue weighted by Crippen LogP contribution is -2.31. The lowest BCUT2D eigenvalue weighted by atomic mass is 10.1. The van der Waals surface area contributed by atoms with Gasteiger partial charge in [0.15, 0.2) is 0 Å². The number of halogens is 1. The van der Waals surface area contributed by atoms with Gasteiger partial charge in [-0.25, -0.2) is 15.0 Å². The summed E-state index contributed by atoms with van der Waals surface area (Å²) in [6.07, 6.45) is 1.87. The van der Waals surface area contributed by atoms with Gasteiger partial charge in [-0.3, -0.25) is 0 Å². The summed E-state index contributed by atoms with van der Waals surface area (Å²) >= 11 is 3.38. The normalized spacial score (nSPS) is 23.6. The zero-order valence-electron chi connectivity index (χ0n) is 16.4. The molecule has 4 aromatic rings. The summed E-state index contributed by atoms with van der Waals surface area (Å²) in [5.41, 5.74) is 13.1. The smallest absolute Gasteiger partial charge is 0.145 e. The van der Waals surface area contributed by atoms with Crippen LogP contribution in [-0.2, 0) is 0 Å². The molecule has 31 heavy (non-hydrogen) atoms. The number of nitrogens with two attached hydrogens (primary N) is 2. The molecule has 3 aromatic heterocycles. The van der Waals surface area contributed by atoms with E-state index in [0.717, 1.165) is 20.8 Å². The molecule has 1 aromatic carbocycles. The van der Waals surface area contributed by atoms with Crippen molar-refractivity contribution in [3.8, 4) is 5.75 Å². The number of hydrogen-bond acceptors (Lipinski definition) is 8. The number of benzene rings is 1. The monoisotopic (exact) mass is 484 g/mol. The predicted molar refractivity (Wildman–Crippen MR) is 120 cm³/mol. The molecule has 4 atom stereocenters. The first-order valence-electron chi connectivity index (χ1n) is 9.84. The molecule has 0 radical (unpaired) electrons. The van der Waals surface area contributed by atoms with Crippen molar-refractivity contribution in [1.82, 2.24) is 19.5 Å². The molecular weight excluding hydrogens is 464 g/mol. The molecule has 1 aliphatic rings. The van der Waals surface area contributed by atoms with Crippen molar-refractivity contribution in [2.24, 2.45) is 5.92 Å².